The second-order valence-corrected chi connectivity index (χ2v) is 9.00. The highest BCUT2D eigenvalue weighted by molar-refractivity contribution is 6.31. The van der Waals surface area contributed by atoms with E-state index in [9.17, 15) is 0 Å². The summed E-state index contributed by atoms with van der Waals surface area (Å²) < 4.78 is 7.62. The number of ether oxygens (including phenoxy) is 1. The van der Waals surface area contributed by atoms with Crippen molar-refractivity contribution in [1.29, 1.82) is 0 Å². The van der Waals surface area contributed by atoms with Crippen LogP contribution in [-0.4, -0.2) is 48.1 Å². The van der Waals surface area contributed by atoms with Crippen LogP contribution in [0.15, 0.2) is 29.3 Å². The summed E-state index contributed by atoms with van der Waals surface area (Å²) in [6.07, 6.45) is 2.74. The molecule has 0 bridgehead atoms. The molecule has 170 valence electrons. The first-order valence-corrected chi connectivity index (χ1v) is 11.6. The Labute approximate surface area is 191 Å². The molecule has 1 saturated heterocycles. The molecule has 0 amide bonds. The summed E-state index contributed by atoms with van der Waals surface area (Å²) in [5.41, 5.74) is 4.69. The summed E-state index contributed by atoms with van der Waals surface area (Å²) in [6.45, 7) is 11.4. The first-order chi connectivity index (χ1) is 14.9. The standard InChI is InChI=1S/C24H36ClN5O/c1-6-26-23(28-17(2)15-20-18(3)29-30(5)19(20)4)27-16-24(11-13-31-14-12-24)21-9-7-8-10-22(21)25/h7-10,17H,6,11-16H2,1-5H3,(H2,26,27,28). The van der Waals surface area contributed by atoms with Crippen molar-refractivity contribution in [1.82, 2.24) is 20.4 Å². The van der Waals surface area contributed by atoms with Crippen LogP contribution >= 0.6 is 11.6 Å². The van der Waals surface area contributed by atoms with Gasteiger partial charge in [0.2, 0.25) is 0 Å². The fraction of sp³-hybridized carbons (Fsp3) is 0.583. The molecule has 1 aromatic carbocycles. The van der Waals surface area contributed by atoms with E-state index in [0.717, 1.165) is 55.7 Å². The first kappa shape index (κ1) is 23.6. The number of aromatic nitrogens is 2. The topological polar surface area (TPSA) is 63.5 Å². The Kier molecular flexibility index (Phi) is 8.00. The molecular formula is C24H36ClN5O. The molecule has 1 aromatic heterocycles. The molecule has 3 rings (SSSR count). The lowest BCUT2D eigenvalue weighted by Crippen LogP contribution is -2.45. The predicted octanol–water partition coefficient (Wildman–Crippen LogP) is 3.92. The maximum Gasteiger partial charge on any atom is 0.191 e. The van der Waals surface area contributed by atoms with Gasteiger partial charge in [-0.05, 0) is 64.2 Å². The number of benzene rings is 1. The molecule has 2 aromatic rings. The minimum atomic E-state index is -0.0985. The van der Waals surface area contributed by atoms with E-state index in [-0.39, 0.29) is 11.5 Å². The minimum absolute atomic E-state index is 0.0985. The molecule has 0 radical (unpaired) electrons. The van der Waals surface area contributed by atoms with E-state index >= 15 is 0 Å². The van der Waals surface area contributed by atoms with Crippen molar-refractivity contribution in [3.8, 4) is 0 Å². The monoisotopic (exact) mass is 445 g/mol. The molecule has 1 fully saturated rings. The molecular weight excluding hydrogens is 410 g/mol. The molecule has 0 saturated carbocycles. The molecule has 6 nitrogen and oxygen atoms in total. The Bertz CT molecular complexity index is 901. The van der Waals surface area contributed by atoms with Gasteiger partial charge in [-0.3, -0.25) is 9.67 Å². The lowest BCUT2D eigenvalue weighted by Gasteiger charge is -2.37. The highest BCUT2D eigenvalue weighted by Gasteiger charge is 2.36. The zero-order valence-corrected chi connectivity index (χ0v) is 20.2. The van der Waals surface area contributed by atoms with Crippen molar-refractivity contribution in [2.75, 3.05) is 26.3 Å². The van der Waals surface area contributed by atoms with E-state index in [4.69, 9.17) is 21.3 Å². The fourth-order valence-corrected chi connectivity index (χ4v) is 4.76. The summed E-state index contributed by atoms with van der Waals surface area (Å²) in [5.74, 6) is 0.840. The van der Waals surface area contributed by atoms with Crippen molar-refractivity contribution < 1.29 is 4.74 Å². The lowest BCUT2D eigenvalue weighted by atomic mass is 9.74. The lowest BCUT2D eigenvalue weighted by molar-refractivity contribution is 0.0531. The van der Waals surface area contributed by atoms with Gasteiger partial charge in [0.15, 0.2) is 5.96 Å². The van der Waals surface area contributed by atoms with Gasteiger partial charge in [-0.25, -0.2) is 0 Å². The third-order valence-electron chi connectivity index (χ3n) is 6.33. The maximum absolute atomic E-state index is 6.60. The number of hydrogen-bond acceptors (Lipinski definition) is 3. The van der Waals surface area contributed by atoms with Crippen LogP contribution in [0.2, 0.25) is 5.02 Å². The van der Waals surface area contributed by atoms with Gasteiger partial charge in [0.25, 0.3) is 0 Å². The average molecular weight is 446 g/mol. The first-order valence-electron chi connectivity index (χ1n) is 11.2. The van der Waals surface area contributed by atoms with E-state index in [1.807, 2.05) is 23.9 Å². The molecule has 2 N–H and O–H groups in total. The molecule has 2 heterocycles. The Morgan fingerprint density at radius 1 is 1.29 bits per heavy atom. The summed E-state index contributed by atoms with van der Waals surface area (Å²) >= 11 is 6.60. The second kappa shape index (κ2) is 10.5. The normalized spacial score (nSPS) is 17.4. The number of nitrogens with one attached hydrogen (secondary N) is 2. The summed E-state index contributed by atoms with van der Waals surface area (Å²) in [5, 5.41) is 12.4. The summed E-state index contributed by atoms with van der Waals surface area (Å²) in [4.78, 5) is 5.02. The number of aliphatic imine (C=N–C) groups is 1. The number of guanidine groups is 1. The van der Waals surface area contributed by atoms with Gasteiger partial charge in [-0.2, -0.15) is 5.10 Å². The van der Waals surface area contributed by atoms with Gasteiger partial charge in [0.1, 0.15) is 0 Å². The van der Waals surface area contributed by atoms with Gasteiger partial charge < -0.3 is 15.4 Å². The molecule has 0 spiro atoms. The number of aryl methyl sites for hydroxylation is 2. The van der Waals surface area contributed by atoms with Gasteiger partial charge in [0.05, 0.1) is 12.2 Å². The Morgan fingerprint density at radius 2 is 2.00 bits per heavy atom. The number of halogens is 1. The van der Waals surface area contributed by atoms with Crippen LogP contribution in [0.25, 0.3) is 0 Å². The third kappa shape index (κ3) is 5.60. The van der Waals surface area contributed by atoms with Gasteiger partial charge in [-0.15, -0.1) is 0 Å². The highest BCUT2D eigenvalue weighted by atomic mass is 35.5. The van der Waals surface area contributed by atoms with Crippen molar-refractivity contribution in [2.24, 2.45) is 12.0 Å². The van der Waals surface area contributed by atoms with Crippen LogP contribution < -0.4 is 10.6 Å². The largest absolute Gasteiger partial charge is 0.381 e. The zero-order chi connectivity index (χ0) is 22.4. The van der Waals surface area contributed by atoms with Crippen molar-refractivity contribution in [3.63, 3.8) is 0 Å². The third-order valence-corrected chi connectivity index (χ3v) is 6.66. The molecule has 1 atom stereocenters. The smallest absolute Gasteiger partial charge is 0.191 e. The van der Waals surface area contributed by atoms with E-state index < -0.39 is 0 Å². The van der Waals surface area contributed by atoms with Crippen LogP contribution in [0.4, 0.5) is 0 Å². The quantitative estimate of drug-likeness (QED) is 0.500. The fourth-order valence-electron chi connectivity index (χ4n) is 4.42. The van der Waals surface area contributed by atoms with Gasteiger partial charge in [0, 0.05) is 49.0 Å². The molecule has 1 aliphatic rings. The zero-order valence-electron chi connectivity index (χ0n) is 19.5. The predicted molar refractivity (Wildman–Crippen MR) is 128 cm³/mol. The van der Waals surface area contributed by atoms with Crippen molar-refractivity contribution in [2.45, 2.75) is 58.4 Å². The van der Waals surface area contributed by atoms with Gasteiger partial charge in [-0.1, -0.05) is 29.8 Å². The van der Waals surface area contributed by atoms with E-state index in [1.54, 1.807) is 0 Å². The average Bonchev–Trinajstić information content (AvgIpc) is 2.99. The highest BCUT2D eigenvalue weighted by Crippen LogP contribution is 2.38. The Morgan fingerprint density at radius 3 is 2.61 bits per heavy atom. The van der Waals surface area contributed by atoms with E-state index in [0.29, 0.717) is 6.54 Å². The molecule has 31 heavy (non-hydrogen) atoms. The Hall–Kier alpha value is -2.05. The van der Waals surface area contributed by atoms with Crippen LogP contribution in [0, 0.1) is 13.8 Å². The molecule has 1 unspecified atom stereocenters. The summed E-state index contributed by atoms with van der Waals surface area (Å²) in [7, 11) is 2.00. The van der Waals surface area contributed by atoms with Crippen LogP contribution in [0.5, 0.6) is 0 Å². The SMILES string of the molecule is CCNC(=NCC1(c2ccccc2Cl)CCOCC1)NC(C)Cc1c(C)nn(C)c1C. The van der Waals surface area contributed by atoms with Crippen LogP contribution in [-0.2, 0) is 23.6 Å². The molecule has 0 aliphatic carbocycles. The number of nitrogens with zero attached hydrogens (tertiary/aromatic N) is 3. The van der Waals surface area contributed by atoms with Crippen LogP contribution in [0.3, 0.4) is 0 Å². The maximum atomic E-state index is 6.60. The number of rotatable bonds is 7. The minimum Gasteiger partial charge on any atom is -0.381 e. The Balaban J connectivity index is 1.77. The van der Waals surface area contributed by atoms with Crippen molar-refractivity contribution >= 4 is 17.6 Å². The molecule has 7 heteroatoms. The van der Waals surface area contributed by atoms with E-state index in [1.165, 1.54) is 16.8 Å². The van der Waals surface area contributed by atoms with E-state index in [2.05, 4.69) is 55.6 Å². The summed E-state index contributed by atoms with van der Waals surface area (Å²) in [6, 6.07) is 8.39. The van der Waals surface area contributed by atoms with Gasteiger partial charge >= 0.3 is 0 Å². The van der Waals surface area contributed by atoms with Crippen molar-refractivity contribution in [3.05, 3.63) is 51.8 Å². The number of hydrogen-bond donors (Lipinski definition) is 2. The van der Waals surface area contributed by atoms with Crippen LogP contribution in [0.1, 0.15) is 49.2 Å². The molecule has 1 aliphatic heterocycles. The second-order valence-electron chi connectivity index (χ2n) is 8.59.